The number of benzene rings is 1. The summed E-state index contributed by atoms with van der Waals surface area (Å²) in [5.41, 5.74) is 1.47. The second kappa shape index (κ2) is 11.4. The van der Waals surface area contributed by atoms with Crippen LogP contribution in [0.2, 0.25) is 0 Å². The smallest absolute Gasteiger partial charge is 0.270 e. The molecule has 0 atom stereocenters. The normalized spacial score (nSPS) is 14.7. The molecule has 1 aromatic heterocycles. The first-order chi connectivity index (χ1) is 16.3. The van der Waals surface area contributed by atoms with Crippen molar-refractivity contribution in [3.63, 3.8) is 0 Å². The van der Waals surface area contributed by atoms with E-state index in [0.717, 1.165) is 5.56 Å². The van der Waals surface area contributed by atoms with E-state index in [4.69, 9.17) is 17.0 Å². The number of thioether (sulfide) groups is 1. The van der Waals surface area contributed by atoms with Crippen molar-refractivity contribution < 1.29 is 13.9 Å². The number of nitriles is 1. The molecule has 10 heteroatoms. The summed E-state index contributed by atoms with van der Waals surface area (Å²) >= 11 is 6.59. The number of rotatable bonds is 9. The van der Waals surface area contributed by atoms with Gasteiger partial charge in [0.25, 0.3) is 11.5 Å². The molecule has 0 radical (unpaired) electrons. The third-order valence-electron chi connectivity index (χ3n) is 5.44. The standard InChI is InChI=1S/C24H25FN4O3S2/c1-4-28-21(27-14-16-6-8-17(25)9-7-16)18(15(2)19(13-26)22(28)30)12-20-23(31)29(24(33)34-20)10-5-11-32-3/h6-9,12,27H,4-5,10-11,14H2,1-3H3/b20-12+. The maximum atomic E-state index is 13.3. The molecular formula is C24H25FN4O3S2. The Labute approximate surface area is 207 Å². The average Bonchev–Trinajstić information content (AvgIpc) is 3.08. The van der Waals surface area contributed by atoms with Gasteiger partial charge in [0.05, 0.1) is 4.91 Å². The molecule has 1 saturated heterocycles. The number of anilines is 1. The van der Waals surface area contributed by atoms with Crippen molar-refractivity contribution >= 4 is 46.1 Å². The number of nitrogens with zero attached hydrogens (tertiary/aromatic N) is 3. The van der Waals surface area contributed by atoms with E-state index in [9.17, 15) is 19.2 Å². The highest BCUT2D eigenvalue weighted by molar-refractivity contribution is 8.26. The molecule has 7 nitrogen and oxygen atoms in total. The number of aromatic nitrogens is 1. The Bertz CT molecular complexity index is 1230. The highest BCUT2D eigenvalue weighted by Gasteiger charge is 2.32. The van der Waals surface area contributed by atoms with Gasteiger partial charge in [-0.1, -0.05) is 36.1 Å². The highest BCUT2D eigenvalue weighted by Crippen LogP contribution is 2.35. The van der Waals surface area contributed by atoms with Crippen LogP contribution < -0.4 is 10.9 Å². The zero-order chi connectivity index (χ0) is 24.8. The lowest BCUT2D eigenvalue weighted by molar-refractivity contribution is -0.122. The van der Waals surface area contributed by atoms with Gasteiger partial charge in [-0.25, -0.2) is 4.39 Å². The zero-order valence-electron chi connectivity index (χ0n) is 19.2. The van der Waals surface area contributed by atoms with Gasteiger partial charge in [0.2, 0.25) is 0 Å². The van der Waals surface area contributed by atoms with Crippen molar-refractivity contribution in [1.29, 1.82) is 5.26 Å². The molecule has 1 fully saturated rings. The average molecular weight is 501 g/mol. The van der Waals surface area contributed by atoms with Gasteiger partial charge in [0.1, 0.15) is 27.6 Å². The minimum atomic E-state index is -0.409. The molecule has 1 aromatic carbocycles. The largest absolute Gasteiger partial charge is 0.385 e. The number of carbonyl (C=O) groups excluding carboxylic acids is 1. The molecular weight excluding hydrogens is 475 g/mol. The third kappa shape index (κ3) is 5.38. The molecule has 34 heavy (non-hydrogen) atoms. The van der Waals surface area contributed by atoms with Crippen LogP contribution in [0.15, 0.2) is 34.0 Å². The maximum absolute atomic E-state index is 13.3. The fraction of sp³-hybridized carbons (Fsp3) is 0.333. The molecule has 0 saturated carbocycles. The van der Waals surface area contributed by atoms with Crippen molar-refractivity contribution in [2.24, 2.45) is 0 Å². The molecule has 1 amide bonds. The van der Waals surface area contributed by atoms with E-state index in [2.05, 4.69) is 5.32 Å². The zero-order valence-corrected chi connectivity index (χ0v) is 20.8. The molecule has 3 rings (SSSR count). The van der Waals surface area contributed by atoms with Gasteiger partial charge in [-0.05, 0) is 49.6 Å². The van der Waals surface area contributed by atoms with E-state index in [1.807, 2.05) is 6.07 Å². The quantitative estimate of drug-likeness (QED) is 0.316. The number of thiocarbonyl (C=S) groups is 1. The molecule has 2 aromatic rings. The Balaban J connectivity index is 2.05. The summed E-state index contributed by atoms with van der Waals surface area (Å²) in [6, 6.07) is 8.03. The van der Waals surface area contributed by atoms with Gasteiger partial charge in [-0.15, -0.1) is 0 Å². The van der Waals surface area contributed by atoms with Crippen molar-refractivity contribution in [1.82, 2.24) is 9.47 Å². The lowest BCUT2D eigenvalue weighted by Gasteiger charge is -2.19. The molecule has 0 spiro atoms. The van der Waals surface area contributed by atoms with Crippen molar-refractivity contribution in [3.05, 3.63) is 67.6 Å². The Morgan fingerprint density at radius 1 is 1.29 bits per heavy atom. The number of halogens is 1. The third-order valence-corrected chi connectivity index (χ3v) is 6.82. The Morgan fingerprint density at radius 2 is 2.00 bits per heavy atom. The lowest BCUT2D eigenvalue weighted by Crippen LogP contribution is -2.29. The van der Waals surface area contributed by atoms with E-state index < -0.39 is 5.56 Å². The van der Waals surface area contributed by atoms with Gasteiger partial charge in [-0.3, -0.25) is 19.1 Å². The minimum Gasteiger partial charge on any atom is -0.385 e. The van der Waals surface area contributed by atoms with E-state index in [1.165, 1.54) is 33.4 Å². The summed E-state index contributed by atoms with van der Waals surface area (Å²) in [6.07, 6.45) is 2.34. The monoisotopic (exact) mass is 500 g/mol. The number of pyridine rings is 1. The summed E-state index contributed by atoms with van der Waals surface area (Å²) in [5, 5.41) is 12.9. The SMILES string of the molecule is CCn1c(NCc2ccc(F)cc2)c(/C=C2/SC(=S)N(CCCOC)C2=O)c(C)c(C#N)c1=O. The van der Waals surface area contributed by atoms with Crippen LogP contribution in [-0.4, -0.2) is 40.0 Å². The summed E-state index contributed by atoms with van der Waals surface area (Å²) in [5.74, 6) is -0.0719. The number of hydrogen-bond donors (Lipinski definition) is 1. The summed E-state index contributed by atoms with van der Waals surface area (Å²) in [6.45, 7) is 5.10. The van der Waals surface area contributed by atoms with Crippen molar-refractivity contribution in [2.45, 2.75) is 33.4 Å². The maximum Gasteiger partial charge on any atom is 0.270 e. The van der Waals surface area contributed by atoms with Gasteiger partial charge < -0.3 is 10.1 Å². The van der Waals surface area contributed by atoms with Crippen LogP contribution >= 0.6 is 24.0 Å². The Morgan fingerprint density at radius 3 is 2.62 bits per heavy atom. The second-order valence-electron chi connectivity index (χ2n) is 7.58. The summed E-state index contributed by atoms with van der Waals surface area (Å²) in [4.78, 5) is 27.9. The first-order valence-electron chi connectivity index (χ1n) is 10.7. The predicted octanol–water partition coefficient (Wildman–Crippen LogP) is 4.04. The highest BCUT2D eigenvalue weighted by atomic mass is 32.2. The fourth-order valence-corrected chi connectivity index (χ4v) is 4.92. The molecule has 2 heterocycles. The van der Waals surface area contributed by atoms with Gasteiger partial charge in [0.15, 0.2) is 0 Å². The summed E-state index contributed by atoms with van der Waals surface area (Å²) < 4.78 is 20.3. The summed E-state index contributed by atoms with van der Waals surface area (Å²) in [7, 11) is 1.60. The molecule has 1 aliphatic rings. The number of amides is 1. The molecule has 1 N–H and O–H groups in total. The number of hydrogen-bond acceptors (Lipinski definition) is 7. The van der Waals surface area contributed by atoms with Crippen molar-refractivity contribution in [2.75, 3.05) is 25.6 Å². The van der Waals surface area contributed by atoms with E-state index in [0.29, 0.717) is 58.8 Å². The molecule has 0 bridgehead atoms. The second-order valence-corrected chi connectivity index (χ2v) is 9.26. The van der Waals surface area contributed by atoms with Gasteiger partial charge in [0, 0.05) is 38.9 Å². The molecule has 1 aliphatic heterocycles. The van der Waals surface area contributed by atoms with Crippen LogP contribution in [0.3, 0.4) is 0 Å². The van der Waals surface area contributed by atoms with Crippen LogP contribution in [0.25, 0.3) is 6.08 Å². The lowest BCUT2D eigenvalue weighted by atomic mass is 10.0. The fourth-order valence-electron chi connectivity index (χ4n) is 3.63. The number of nitrogens with one attached hydrogen (secondary N) is 1. The van der Waals surface area contributed by atoms with Gasteiger partial charge in [-0.2, -0.15) is 5.26 Å². The minimum absolute atomic E-state index is 0.0241. The number of ether oxygens (including phenoxy) is 1. The number of methoxy groups -OCH3 is 1. The molecule has 178 valence electrons. The van der Waals surface area contributed by atoms with Gasteiger partial charge >= 0.3 is 0 Å². The van der Waals surface area contributed by atoms with E-state index >= 15 is 0 Å². The van der Waals surface area contributed by atoms with E-state index in [-0.39, 0.29) is 17.3 Å². The van der Waals surface area contributed by atoms with Crippen LogP contribution in [-0.2, 0) is 22.6 Å². The molecule has 0 aliphatic carbocycles. The number of carbonyl (C=O) groups is 1. The topological polar surface area (TPSA) is 87.4 Å². The first-order valence-corrected chi connectivity index (χ1v) is 11.9. The first kappa shape index (κ1) is 25.6. The predicted molar refractivity (Wildman–Crippen MR) is 136 cm³/mol. The van der Waals surface area contributed by atoms with Crippen LogP contribution in [0.1, 0.15) is 35.6 Å². The van der Waals surface area contributed by atoms with Crippen LogP contribution in [0.4, 0.5) is 10.2 Å². The van der Waals surface area contributed by atoms with Crippen LogP contribution in [0.5, 0.6) is 0 Å². The van der Waals surface area contributed by atoms with E-state index in [1.54, 1.807) is 39.2 Å². The molecule has 0 unspecified atom stereocenters. The van der Waals surface area contributed by atoms with Crippen molar-refractivity contribution in [3.8, 4) is 6.07 Å². The Hall–Kier alpha value is -3.00. The Kier molecular flexibility index (Phi) is 8.61. The van der Waals surface area contributed by atoms with Crippen LogP contribution in [0, 0.1) is 24.1 Å².